The molecule has 1 rings (SSSR count). The summed E-state index contributed by atoms with van der Waals surface area (Å²) in [6.07, 6.45) is 0.949. The number of rotatable bonds is 7. The maximum atomic E-state index is 5.39. The van der Waals surface area contributed by atoms with Crippen LogP contribution in [0.4, 0.5) is 0 Å². The van der Waals surface area contributed by atoms with Crippen LogP contribution in [0.1, 0.15) is 32.6 Å². The highest BCUT2D eigenvalue weighted by molar-refractivity contribution is 4.81. The van der Waals surface area contributed by atoms with Crippen molar-refractivity contribution in [2.24, 2.45) is 0 Å². The summed E-state index contributed by atoms with van der Waals surface area (Å²) in [5.74, 6) is 1.22. The molecule has 0 radical (unpaired) electrons. The molecule has 5 heteroatoms. The van der Waals surface area contributed by atoms with Crippen molar-refractivity contribution in [3.63, 3.8) is 0 Å². The van der Waals surface area contributed by atoms with Crippen LogP contribution in [0.5, 0.6) is 0 Å². The fraction of sp³-hybridized carbons (Fsp3) is 0.800. The van der Waals surface area contributed by atoms with Gasteiger partial charge in [-0.05, 0) is 20.4 Å². The maximum absolute atomic E-state index is 5.39. The summed E-state index contributed by atoms with van der Waals surface area (Å²) in [4.78, 5) is 0. The van der Waals surface area contributed by atoms with E-state index in [0.717, 1.165) is 19.5 Å². The molecule has 1 aromatic rings. The number of ether oxygens (including phenoxy) is 1. The Kier molecular flexibility index (Phi) is 5.28. The third-order valence-electron chi connectivity index (χ3n) is 1.81. The Hall–Kier alpha value is -0.940. The van der Waals surface area contributed by atoms with Crippen molar-refractivity contribution < 1.29 is 9.15 Å². The summed E-state index contributed by atoms with van der Waals surface area (Å²) in [5.41, 5.74) is 0. The second-order valence-corrected chi connectivity index (χ2v) is 3.55. The normalized spacial score (nSPS) is 11.2. The smallest absolute Gasteiger partial charge is 0.242 e. The molecule has 5 nitrogen and oxygen atoms in total. The van der Waals surface area contributed by atoms with Gasteiger partial charge in [0.15, 0.2) is 0 Å². The topological polar surface area (TPSA) is 60.2 Å². The van der Waals surface area contributed by atoms with Gasteiger partial charge in [-0.1, -0.05) is 6.92 Å². The van der Waals surface area contributed by atoms with Crippen molar-refractivity contribution in [2.75, 3.05) is 13.1 Å². The minimum absolute atomic E-state index is 0.183. The molecular formula is C10H19N3O2. The van der Waals surface area contributed by atoms with Crippen LogP contribution in [0.2, 0.25) is 0 Å². The van der Waals surface area contributed by atoms with Crippen molar-refractivity contribution in [3.05, 3.63) is 11.8 Å². The first kappa shape index (κ1) is 12.1. The molecule has 0 atom stereocenters. The minimum atomic E-state index is 0.183. The fourth-order valence-corrected chi connectivity index (χ4v) is 1.06. The largest absolute Gasteiger partial charge is 0.423 e. The molecule has 0 amide bonds. The van der Waals surface area contributed by atoms with E-state index < -0.39 is 0 Å². The highest BCUT2D eigenvalue weighted by Crippen LogP contribution is 2.03. The van der Waals surface area contributed by atoms with Gasteiger partial charge in [0, 0.05) is 13.0 Å². The molecule has 0 aliphatic carbocycles. The minimum Gasteiger partial charge on any atom is -0.423 e. The molecule has 1 aromatic heterocycles. The average Bonchev–Trinajstić information content (AvgIpc) is 2.63. The number of likely N-dealkylation sites (N-methyl/N-ethyl adjacent to an activating group) is 1. The van der Waals surface area contributed by atoms with Crippen molar-refractivity contribution in [1.82, 2.24) is 15.5 Å². The predicted octanol–water partition coefficient (Wildman–Crippen LogP) is 1.15. The SMILES string of the molecule is CCNCCc1nnc(COC(C)C)o1. The van der Waals surface area contributed by atoms with E-state index in [2.05, 4.69) is 22.4 Å². The van der Waals surface area contributed by atoms with Crippen LogP contribution in [0.15, 0.2) is 4.42 Å². The van der Waals surface area contributed by atoms with Crippen LogP contribution >= 0.6 is 0 Å². The highest BCUT2D eigenvalue weighted by atomic mass is 16.5. The lowest BCUT2D eigenvalue weighted by Crippen LogP contribution is -2.16. The van der Waals surface area contributed by atoms with Crippen molar-refractivity contribution in [2.45, 2.75) is 39.9 Å². The lowest BCUT2D eigenvalue weighted by Gasteiger charge is -2.02. The van der Waals surface area contributed by atoms with Crippen LogP contribution in [0.3, 0.4) is 0 Å². The molecular weight excluding hydrogens is 194 g/mol. The Labute approximate surface area is 90.2 Å². The lowest BCUT2D eigenvalue weighted by molar-refractivity contribution is 0.0511. The first-order chi connectivity index (χ1) is 7.22. The van der Waals surface area contributed by atoms with Gasteiger partial charge < -0.3 is 14.5 Å². The number of hydrogen-bond donors (Lipinski definition) is 1. The van der Waals surface area contributed by atoms with Gasteiger partial charge in [-0.2, -0.15) is 0 Å². The van der Waals surface area contributed by atoms with Gasteiger partial charge in [0.2, 0.25) is 11.8 Å². The Bertz CT molecular complexity index is 273. The summed E-state index contributed by atoms with van der Waals surface area (Å²) in [6, 6.07) is 0. The van der Waals surface area contributed by atoms with Gasteiger partial charge in [-0.3, -0.25) is 0 Å². The van der Waals surface area contributed by atoms with Crippen LogP contribution < -0.4 is 5.32 Å². The average molecular weight is 213 g/mol. The van der Waals surface area contributed by atoms with E-state index in [4.69, 9.17) is 9.15 Å². The fourth-order valence-electron chi connectivity index (χ4n) is 1.06. The molecule has 15 heavy (non-hydrogen) atoms. The van der Waals surface area contributed by atoms with Gasteiger partial charge >= 0.3 is 0 Å². The molecule has 1 heterocycles. The Morgan fingerprint density at radius 3 is 2.73 bits per heavy atom. The van der Waals surface area contributed by atoms with Gasteiger partial charge in [0.1, 0.15) is 6.61 Å². The first-order valence-electron chi connectivity index (χ1n) is 5.36. The van der Waals surface area contributed by atoms with Crippen LogP contribution in [0, 0.1) is 0 Å². The molecule has 0 aromatic carbocycles. The molecule has 1 N–H and O–H groups in total. The predicted molar refractivity (Wildman–Crippen MR) is 56.5 cm³/mol. The van der Waals surface area contributed by atoms with Crippen molar-refractivity contribution in [3.8, 4) is 0 Å². The molecule has 0 aliphatic rings. The molecule has 0 fully saturated rings. The summed E-state index contributed by atoms with van der Waals surface area (Å²) < 4.78 is 10.7. The third-order valence-corrected chi connectivity index (χ3v) is 1.81. The zero-order valence-corrected chi connectivity index (χ0v) is 9.62. The number of nitrogens with one attached hydrogen (secondary N) is 1. The number of aromatic nitrogens is 2. The van der Waals surface area contributed by atoms with Crippen LogP contribution in [0.25, 0.3) is 0 Å². The summed E-state index contributed by atoms with van der Waals surface area (Å²) in [7, 11) is 0. The van der Waals surface area contributed by atoms with Gasteiger partial charge in [-0.15, -0.1) is 10.2 Å². The van der Waals surface area contributed by atoms with E-state index in [0.29, 0.717) is 18.4 Å². The van der Waals surface area contributed by atoms with Crippen molar-refractivity contribution >= 4 is 0 Å². The number of hydrogen-bond acceptors (Lipinski definition) is 5. The molecule has 0 saturated carbocycles. The summed E-state index contributed by atoms with van der Waals surface area (Å²) in [5, 5.41) is 11.0. The van der Waals surface area contributed by atoms with Crippen LogP contribution in [-0.4, -0.2) is 29.4 Å². The summed E-state index contributed by atoms with van der Waals surface area (Å²) >= 11 is 0. The maximum Gasteiger partial charge on any atom is 0.242 e. The standard InChI is InChI=1S/C10H19N3O2/c1-4-11-6-5-9-12-13-10(15-9)7-14-8(2)3/h8,11H,4-7H2,1-3H3. The van der Waals surface area contributed by atoms with Gasteiger partial charge in [0.05, 0.1) is 6.10 Å². The van der Waals surface area contributed by atoms with Gasteiger partial charge in [0.25, 0.3) is 0 Å². The molecule has 86 valence electrons. The zero-order valence-electron chi connectivity index (χ0n) is 9.62. The molecule has 0 spiro atoms. The summed E-state index contributed by atoms with van der Waals surface area (Å²) in [6.45, 7) is 8.23. The monoisotopic (exact) mass is 213 g/mol. The Morgan fingerprint density at radius 1 is 1.33 bits per heavy atom. The van der Waals surface area contributed by atoms with Gasteiger partial charge in [-0.25, -0.2) is 0 Å². The number of nitrogens with zero attached hydrogens (tertiary/aromatic N) is 2. The van der Waals surface area contributed by atoms with E-state index in [1.165, 1.54) is 0 Å². The highest BCUT2D eigenvalue weighted by Gasteiger charge is 2.06. The Morgan fingerprint density at radius 2 is 2.07 bits per heavy atom. The quantitative estimate of drug-likeness (QED) is 0.688. The van der Waals surface area contributed by atoms with E-state index in [1.807, 2.05) is 13.8 Å². The first-order valence-corrected chi connectivity index (χ1v) is 5.36. The van der Waals surface area contributed by atoms with Crippen molar-refractivity contribution in [1.29, 1.82) is 0 Å². The Balaban J connectivity index is 2.29. The van der Waals surface area contributed by atoms with E-state index in [-0.39, 0.29) is 6.10 Å². The van der Waals surface area contributed by atoms with Crippen LogP contribution in [-0.2, 0) is 17.8 Å². The molecule has 0 bridgehead atoms. The lowest BCUT2D eigenvalue weighted by atomic mass is 10.4. The zero-order chi connectivity index (χ0) is 11.1. The molecule has 0 saturated heterocycles. The van der Waals surface area contributed by atoms with E-state index in [9.17, 15) is 0 Å². The molecule has 0 unspecified atom stereocenters. The second kappa shape index (κ2) is 6.53. The van der Waals surface area contributed by atoms with E-state index in [1.54, 1.807) is 0 Å². The van der Waals surface area contributed by atoms with E-state index >= 15 is 0 Å². The second-order valence-electron chi connectivity index (χ2n) is 3.55. The molecule has 0 aliphatic heterocycles. The third kappa shape index (κ3) is 4.90.